The molecule has 0 bridgehead atoms. The normalized spacial score (nSPS) is 15.1. The highest BCUT2D eigenvalue weighted by Gasteiger charge is 2.27. The molecule has 7 heteroatoms. The molecule has 5 nitrogen and oxygen atoms in total. The summed E-state index contributed by atoms with van der Waals surface area (Å²) in [6.45, 7) is 4.33. The minimum Gasteiger partial charge on any atom is -0.447 e. The van der Waals surface area contributed by atoms with Gasteiger partial charge in [0.2, 0.25) is 17.3 Å². The number of thiophene rings is 1. The zero-order valence-electron chi connectivity index (χ0n) is 16.1. The van der Waals surface area contributed by atoms with Crippen molar-refractivity contribution in [3.05, 3.63) is 46.2 Å². The maximum atomic E-state index is 6.32. The average molecular weight is 413 g/mol. The van der Waals surface area contributed by atoms with Crippen molar-refractivity contribution in [3.63, 3.8) is 0 Å². The Morgan fingerprint density at radius 2 is 2.04 bits per heavy atom. The molecule has 3 heterocycles. The number of aromatic nitrogens is 3. The summed E-state index contributed by atoms with van der Waals surface area (Å²) >= 11 is 3.33. The van der Waals surface area contributed by atoms with Gasteiger partial charge in [-0.3, -0.25) is 0 Å². The van der Waals surface area contributed by atoms with E-state index in [1.54, 1.807) is 23.1 Å². The van der Waals surface area contributed by atoms with Gasteiger partial charge in [-0.05, 0) is 36.4 Å². The Bertz CT molecular complexity index is 944. The fourth-order valence-electron chi connectivity index (χ4n) is 3.17. The van der Waals surface area contributed by atoms with E-state index in [1.165, 1.54) is 31.2 Å². The molecule has 146 valence electrons. The van der Waals surface area contributed by atoms with Crippen molar-refractivity contribution in [3.8, 4) is 17.1 Å². The van der Waals surface area contributed by atoms with E-state index in [9.17, 15) is 0 Å². The first-order valence-corrected chi connectivity index (χ1v) is 11.6. The second kappa shape index (κ2) is 8.92. The lowest BCUT2D eigenvalue weighted by Crippen LogP contribution is -2.16. The van der Waals surface area contributed by atoms with Crippen LogP contribution in [0.4, 0.5) is 5.69 Å². The molecule has 0 radical (unpaired) electrons. The van der Waals surface area contributed by atoms with Crippen molar-refractivity contribution in [2.45, 2.75) is 50.9 Å². The molecule has 1 aliphatic heterocycles. The van der Waals surface area contributed by atoms with Gasteiger partial charge in [0.05, 0.1) is 4.88 Å². The quantitative estimate of drug-likeness (QED) is 0.375. The molecule has 0 fully saturated rings. The Labute approximate surface area is 174 Å². The number of hydrogen-bond donors (Lipinski definition) is 1. The molecule has 1 atom stereocenters. The lowest BCUT2D eigenvalue weighted by molar-refractivity contribution is 0.228. The van der Waals surface area contributed by atoms with Crippen LogP contribution < -0.4 is 10.1 Å². The summed E-state index contributed by atoms with van der Waals surface area (Å²) in [7, 11) is 0. The molecule has 0 spiro atoms. The Balaban J connectivity index is 1.63. The largest absolute Gasteiger partial charge is 0.447 e. The number of ether oxygens (including phenoxy) is 1. The summed E-state index contributed by atoms with van der Waals surface area (Å²) in [6.07, 6.45) is 4.64. The standard InChI is InChI=1S/C21H24N4OS2/c1-3-4-5-8-12-28-21-23-19-17(24-25-21)15-9-6-7-10-16(15)22-20(26-19)18-14(2)11-13-27-18/h6-7,9-11,13,20,22H,3-5,8,12H2,1-2H3. The fraction of sp³-hybridized carbons (Fsp3) is 0.381. The van der Waals surface area contributed by atoms with E-state index < -0.39 is 0 Å². The van der Waals surface area contributed by atoms with Gasteiger partial charge in [-0.25, -0.2) is 0 Å². The number of aryl methyl sites for hydroxylation is 1. The first-order chi connectivity index (χ1) is 13.8. The van der Waals surface area contributed by atoms with Crippen molar-refractivity contribution in [1.82, 2.24) is 15.2 Å². The van der Waals surface area contributed by atoms with Crippen LogP contribution in [-0.4, -0.2) is 20.9 Å². The molecule has 1 aliphatic rings. The van der Waals surface area contributed by atoms with Crippen LogP contribution in [0.25, 0.3) is 11.3 Å². The number of unbranched alkanes of at least 4 members (excludes halogenated alkanes) is 3. The summed E-state index contributed by atoms with van der Waals surface area (Å²) in [4.78, 5) is 5.86. The first kappa shape index (κ1) is 19.2. The lowest BCUT2D eigenvalue weighted by atomic mass is 10.1. The predicted molar refractivity (Wildman–Crippen MR) is 116 cm³/mol. The molecule has 3 aromatic rings. The SMILES string of the molecule is CCCCCCSc1nnc2c(n1)OC(c1sccc1C)Nc1ccccc1-2. The van der Waals surface area contributed by atoms with Crippen LogP contribution >= 0.6 is 23.1 Å². The van der Waals surface area contributed by atoms with E-state index >= 15 is 0 Å². The highest BCUT2D eigenvalue weighted by atomic mass is 32.2. The molecular weight excluding hydrogens is 388 g/mol. The topological polar surface area (TPSA) is 59.9 Å². The van der Waals surface area contributed by atoms with Crippen LogP contribution in [0.1, 0.15) is 49.3 Å². The van der Waals surface area contributed by atoms with Gasteiger partial charge in [0.1, 0.15) is 0 Å². The number of fused-ring (bicyclic) bond motifs is 3. The Kier molecular flexibility index (Phi) is 6.12. The van der Waals surface area contributed by atoms with E-state index in [4.69, 9.17) is 9.72 Å². The van der Waals surface area contributed by atoms with E-state index in [0.717, 1.165) is 21.9 Å². The predicted octanol–water partition coefficient (Wildman–Crippen LogP) is 6.08. The van der Waals surface area contributed by atoms with Gasteiger partial charge in [0.25, 0.3) is 0 Å². The van der Waals surface area contributed by atoms with Crippen molar-refractivity contribution in [2.24, 2.45) is 0 Å². The molecular formula is C21H24N4OS2. The molecule has 1 N–H and O–H groups in total. The Morgan fingerprint density at radius 3 is 2.86 bits per heavy atom. The molecule has 0 aliphatic carbocycles. The van der Waals surface area contributed by atoms with Crippen molar-refractivity contribution in [1.29, 1.82) is 0 Å². The monoisotopic (exact) mass is 412 g/mol. The number of thioether (sulfide) groups is 1. The summed E-state index contributed by atoms with van der Waals surface area (Å²) in [5.74, 6) is 1.55. The van der Waals surface area contributed by atoms with Gasteiger partial charge in [0, 0.05) is 17.0 Å². The number of rotatable bonds is 7. The van der Waals surface area contributed by atoms with Crippen LogP contribution in [-0.2, 0) is 0 Å². The third-order valence-corrected chi connectivity index (χ3v) is 6.69. The van der Waals surface area contributed by atoms with E-state index in [0.29, 0.717) is 16.7 Å². The minimum atomic E-state index is -0.290. The van der Waals surface area contributed by atoms with Gasteiger partial charge < -0.3 is 10.1 Å². The van der Waals surface area contributed by atoms with Gasteiger partial charge in [-0.2, -0.15) is 4.98 Å². The summed E-state index contributed by atoms with van der Waals surface area (Å²) < 4.78 is 6.32. The molecule has 1 aromatic carbocycles. The molecule has 0 saturated heterocycles. The van der Waals surface area contributed by atoms with E-state index in [-0.39, 0.29) is 6.23 Å². The number of benzene rings is 1. The van der Waals surface area contributed by atoms with E-state index in [1.807, 2.05) is 24.3 Å². The third-order valence-electron chi connectivity index (χ3n) is 4.70. The maximum absolute atomic E-state index is 6.32. The van der Waals surface area contributed by atoms with Gasteiger partial charge >= 0.3 is 0 Å². The Morgan fingerprint density at radius 1 is 1.14 bits per heavy atom. The van der Waals surface area contributed by atoms with Crippen LogP contribution in [0.3, 0.4) is 0 Å². The van der Waals surface area contributed by atoms with Crippen LogP contribution in [0, 0.1) is 6.92 Å². The average Bonchev–Trinajstić information content (AvgIpc) is 3.06. The zero-order chi connectivity index (χ0) is 19.3. The van der Waals surface area contributed by atoms with Gasteiger partial charge in [0.15, 0.2) is 5.69 Å². The highest BCUT2D eigenvalue weighted by molar-refractivity contribution is 7.99. The van der Waals surface area contributed by atoms with Crippen molar-refractivity contribution < 1.29 is 4.74 Å². The molecule has 4 rings (SSSR count). The number of nitrogens with one attached hydrogen (secondary N) is 1. The summed E-state index contributed by atoms with van der Waals surface area (Å²) in [5.41, 5.74) is 3.84. The molecule has 2 aromatic heterocycles. The van der Waals surface area contributed by atoms with Crippen LogP contribution in [0.5, 0.6) is 5.88 Å². The second-order valence-electron chi connectivity index (χ2n) is 6.81. The number of nitrogens with zero attached hydrogens (tertiary/aromatic N) is 3. The molecule has 28 heavy (non-hydrogen) atoms. The smallest absolute Gasteiger partial charge is 0.247 e. The third kappa shape index (κ3) is 4.15. The zero-order valence-corrected chi connectivity index (χ0v) is 17.8. The van der Waals surface area contributed by atoms with Gasteiger partial charge in [-0.1, -0.05) is 56.1 Å². The minimum absolute atomic E-state index is 0.290. The molecule has 0 saturated carbocycles. The van der Waals surface area contributed by atoms with Crippen molar-refractivity contribution in [2.75, 3.05) is 11.1 Å². The molecule has 0 amide bonds. The van der Waals surface area contributed by atoms with Gasteiger partial charge in [-0.15, -0.1) is 21.5 Å². The second-order valence-corrected chi connectivity index (χ2v) is 8.82. The lowest BCUT2D eigenvalue weighted by Gasteiger charge is -2.18. The molecule has 1 unspecified atom stereocenters. The van der Waals surface area contributed by atoms with Crippen molar-refractivity contribution >= 4 is 28.8 Å². The van der Waals surface area contributed by atoms with E-state index in [2.05, 4.69) is 40.8 Å². The Hall–Kier alpha value is -2.12. The van der Waals surface area contributed by atoms with Crippen LogP contribution in [0.15, 0.2) is 40.9 Å². The number of hydrogen-bond acceptors (Lipinski definition) is 7. The fourth-order valence-corrected chi connectivity index (χ4v) is 4.85. The summed E-state index contributed by atoms with van der Waals surface area (Å²) in [6, 6.07) is 10.2. The number of anilines is 1. The number of para-hydroxylation sites is 1. The van der Waals surface area contributed by atoms with Crippen LogP contribution in [0.2, 0.25) is 0 Å². The first-order valence-electron chi connectivity index (χ1n) is 9.70. The highest BCUT2D eigenvalue weighted by Crippen LogP contribution is 2.40. The maximum Gasteiger partial charge on any atom is 0.247 e. The summed E-state index contributed by atoms with van der Waals surface area (Å²) in [5, 5.41) is 15.1.